The molecule has 0 spiro atoms. The highest BCUT2D eigenvalue weighted by Crippen LogP contribution is 2.49. The molecule has 0 saturated heterocycles. The van der Waals surface area contributed by atoms with Crippen molar-refractivity contribution >= 4 is 60.8 Å². The van der Waals surface area contributed by atoms with Crippen LogP contribution in [0.15, 0.2) is 199 Å². The van der Waals surface area contributed by atoms with Crippen molar-refractivity contribution in [2.24, 2.45) is 0 Å². The maximum atomic E-state index is 6.53. The van der Waals surface area contributed by atoms with E-state index in [0.717, 1.165) is 33.3 Å². The van der Waals surface area contributed by atoms with Crippen LogP contribution in [0.4, 0.5) is 11.4 Å². The first-order valence-corrected chi connectivity index (χ1v) is 20.2. The Morgan fingerprint density at radius 1 is 0.483 bits per heavy atom. The monoisotopic (exact) mass is 744 g/mol. The Morgan fingerprint density at radius 2 is 1.17 bits per heavy atom. The zero-order chi connectivity index (χ0) is 37.9. The lowest BCUT2D eigenvalue weighted by molar-refractivity contribution is 0.269. The van der Waals surface area contributed by atoms with Crippen molar-refractivity contribution in [1.82, 2.24) is 4.57 Å². The number of hydrogen-bond acceptors (Lipinski definition) is 3. The Labute approximate surface area is 335 Å². The predicted octanol–water partition coefficient (Wildman–Crippen LogP) is 13.7. The molecule has 4 nitrogen and oxygen atoms in total. The van der Waals surface area contributed by atoms with Gasteiger partial charge >= 0.3 is 0 Å². The minimum Gasteiger partial charge on any atom is -0.485 e. The molecule has 7 aromatic carbocycles. The van der Waals surface area contributed by atoms with Crippen LogP contribution >= 0.6 is 0 Å². The highest BCUT2D eigenvalue weighted by atomic mass is 16.5. The number of rotatable bonds is 4. The van der Waals surface area contributed by atoms with Gasteiger partial charge in [0.05, 0.1) is 17.1 Å². The van der Waals surface area contributed by atoms with E-state index in [0.29, 0.717) is 5.92 Å². The summed E-state index contributed by atoms with van der Waals surface area (Å²) in [7, 11) is 0. The molecule has 0 bridgehead atoms. The fourth-order valence-corrected chi connectivity index (χ4v) is 10.2. The molecule has 13 rings (SSSR count). The standard InChI is InChI=1S/C54H36N2O2/c1-5-16-47-39(12-1)40-13-2-6-17-48(40)55(47)37-22-26-53-45(31-37)43-29-35(20-24-51(43)57-53)33-10-9-11-34(28-33)36-21-25-52-44(30-36)46-32-38(23-27-54(46)58-52)56-49-18-7-3-14-41(49)42-15-4-8-19-50(42)56/h1-32,39,46-47,54H/t39?,46-,47?,54?/m1/s1. The van der Waals surface area contributed by atoms with Crippen LogP contribution in [0.3, 0.4) is 0 Å². The minimum atomic E-state index is -0.0249. The summed E-state index contributed by atoms with van der Waals surface area (Å²) in [5.74, 6) is 1.42. The number of aromatic nitrogens is 1. The number of para-hydroxylation sites is 3. The molecule has 2 aliphatic heterocycles. The molecule has 9 aromatic rings. The van der Waals surface area contributed by atoms with Gasteiger partial charge < -0.3 is 18.6 Å². The molecule has 0 radical (unpaired) electrons. The van der Waals surface area contributed by atoms with Crippen molar-refractivity contribution < 1.29 is 9.15 Å². The summed E-state index contributed by atoms with van der Waals surface area (Å²) in [5.41, 5.74) is 15.2. The summed E-state index contributed by atoms with van der Waals surface area (Å²) in [4.78, 5) is 2.49. The van der Waals surface area contributed by atoms with Crippen LogP contribution < -0.4 is 9.64 Å². The fourth-order valence-electron chi connectivity index (χ4n) is 10.2. The second-order valence-electron chi connectivity index (χ2n) is 16.0. The highest BCUT2D eigenvalue weighted by Gasteiger charge is 2.37. The lowest BCUT2D eigenvalue weighted by atomic mass is 9.88. The summed E-state index contributed by atoms with van der Waals surface area (Å²) >= 11 is 0. The minimum absolute atomic E-state index is 0.0249. The smallest absolute Gasteiger partial charge is 0.135 e. The van der Waals surface area contributed by atoms with Crippen LogP contribution in [0.1, 0.15) is 23.0 Å². The molecule has 0 fully saturated rings. The molecule has 4 heterocycles. The number of hydrogen-bond donors (Lipinski definition) is 0. The zero-order valence-electron chi connectivity index (χ0n) is 31.5. The largest absolute Gasteiger partial charge is 0.485 e. The summed E-state index contributed by atoms with van der Waals surface area (Å²) in [6.07, 6.45) is 15.8. The van der Waals surface area contributed by atoms with Gasteiger partial charge in [-0.25, -0.2) is 0 Å². The Bertz CT molecular complexity index is 3260. The van der Waals surface area contributed by atoms with Crippen LogP contribution in [0.2, 0.25) is 0 Å². The number of anilines is 2. The third-order valence-corrected chi connectivity index (χ3v) is 12.9. The second kappa shape index (κ2) is 12.1. The van der Waals surface area contributed by atoms with Gasteiger partial charge in [-0.3, -0.25) is 0 Å². The number of allylic oxidation sites excluding steroid dienone is 4. The normalized spacial score (nSPS) is 20.1. The van der Waals surface area contributed by atoms with Crippen molar-refractivity contribution in [3.8, 4) is 28.0 Å². The first-order chi connectivity index (χ1) is 28.7. The first kappa shape index (κ1) is 31.9. The van der Waals surface area contributed by atoms with E-state index in [1.807, 2.05) is 0 Å². The van der Waals surface area contributed by atoms with Gasteiger partial charge in [0.15, 0.2) is 0 Å². The summed E-state index contributed by atoms with van der Waals surface area (Å²) in [5, 5.41) is 4.79. The molecular formula is C54H36N2O2. The molecule has 4 heteroatoms. The van der Waals surface area contributed by atoms with E-state index in [2.05, 4.69) is 204 Å². The lowest BCUT2D eigenvalue weighted by Crippen LogP contribution is -2.28. The van der Waals surface area contributed by atoms with E-state index < -0.39 is 0 Å². The molecular weight excluding hydrogens is 709 g/mol. The molecule has 0 N–H and O–H groups in total. The van der Waals surface area contributed by atoms with Crippen molar-refractivity contribution in [2.45, 2.75) is 24.0 Å². The molecule has 4 aliphatic rings. The van der Waals surface area contributed by atoms with Crippen LogP contribution in [0.5, 0.6) is 5.75 Å². The number of fused-ring (bicyclic) bond motifs is 12. The van der Waals surface area contributed by atoms with E-state index in [9.17, 15) is 0 Å². The van der Waals surface area contributed by atoms with Gasteiger partial charge in [-0.15, -0.1) is 0 Å². The lowest BCUT2D eigenvalue weighted by Gasteiger charge is -2.28. The van der Waals surface area contributed by atoms with Gasteiger partial charge in [0.1, 0.15) is 23.0 Å². The molecule has 3 unspecified atom stereocenters. The van der Waals surface area contributed by atoms with E-state index >= 15 is 0 Å². The Kier molecular flexibility index (Phi) is 6.65. The van der Waals surface area contributed by atoms with Gasteiger partial charge in [0.2, 0.25) is 0 Å². The van der Waals surface area contributed by atoms with Gasteiger partial charge in [-0.05, 0) is 113 Å². The topological polar surface area (TPSA) is 30.5 Å². The first-order valence-electron chi connectivity index (χ1n) is 20.2. The fraction of sp³-hybridized carbons (Fsp3) is 0.0741. The van der Waals surface area contributed by atoms with Gasteiger partial charge in [0, 0.05) is 56.0 Å². The van der Waals surface area contributed by atoms with E-state index in [1.165, 1.54) is 66.7 Å². The van der Waals surface area contributed by atoms with E-state index in [-0.39, 0.29) is 18.1 Å². The number of ether oxygens (including phenoxy) is 1. The van der Waals surface area contributed by atoms with E-state index in [4.69, 9.17) is 9.15 Å². The van der Waals surface area contributed by atoms with Crippen molar-refractivity contribution in [3.63, 3.8) is 0 Å². The van der Waals surface area contributed by atoms with Crippen LogP contribution in [-0.4, -0.2) is 16.7 Å². The predicted molar refractivity (Wildman–Crippen MR) is 238 cm³/mol. The number of nitrogens with zero attached hydrogens (tertiary/aromatic N) is 2. The van der Waals surface area contributed by atoms with Crippen molar-refractivity contribution in [1.29, 1.82) is 0 Å². The van der Waals surface area contributed by atoms with Gasteiger partial charge in [-0.2, -0.15) is 0 Å². The number of furan rings is 1. The third kappa shape index (κ3) is 4.63. The Hall–Kier alpha value is -7.30. The summed E-state index contributed by atoms with van der Waals surface area (Å²) in [6, 6.07) is 55.3. The van der Waals surface area contributed by atoms with Gasteiger partial charge in [0.25, 0.3) is 0 Å². The molecule has 0 saturated carbocycles. The number of benzene rings is 7. The Morgan fingerprint density at radius 3 is 2.02 bits per heavy atom. The van der Waals surface area contributed by atoms with Gasteiger partial charge in [-0.1, -0.05) is 109 Å². The average Bonchev–Trinajstić information content (AvgIpc) is 4.03. The second-order valence-corrected chi connectivity index (χ2v) is 16.0. The molecule has 4 atom stereocenters. The quantitative estimate of drug-likeness (QED) is 0.180. The van der Waals surface area contributed by atoms with Crippen LogP contribution in [0.25, 0.3) is 71.7 Å². The molecule has 0 amide bonds. The summed E-state index contributed by atoms with van der Waals surface area (Å²) < 4.78 is 15.4. The molecule has 2 aromatic heterocycles. The summed E-state index contributed by atoms with van der Waals surface area (Å²) in [6.45, 7) is 0. The van der Waals surface area contributed by atoms with Crippen LogP contribution in [-0.2, 0) is 0 Å². The maximum absolute atomic E-state index is 6.53. The SMILES string of the molecule is C1=CC2c3ccccc3N(c3ccc4oc5ccc(-c6cccc(-c7ccc8c(c7)[C@H]7C=C(n9c%10ccccc%10c%10ccccc%109)C=CC7O8)c6)cc5c4c3)C2C=C1. The zero-order valence-corrected chi connectivity index (χ0v) is 31.5. The van der Waals surface area contributed by atoms with E-state index in [1.54, 1.807) is 0 Å². The molecule has 2 aliphatic carbocycles. The highest BCUT2D eigenvalue weighted by molar-refractivity contribution is 6.11. The maximum Gasteiger partial charge on any atom is 0.135 e. The Balaban J connectivity index is 0.856. The molecule has 274 valence electrons. The van der Waals surface area contributed by atoms with Crippen molar-refractivity contribution in [3.05, 3.63) is 205 Å². The average molecular weight is 745 g/mol. The van der Waals surface area contributed by atoms with Crippen molar-refractivity contribution in [2.75, 3.05) is 4.90 Å². The van der Waals surface area contributed by atoms with Crippen LogP contribution in [0, 0.1) is 0 Å². The molecule has 58 heavy (non-hydrogen) atoms. The third-order valence-electron chi connectivity index (χ3n) is 12.9.